The molecule has 1 atom stereocenters. The third-order valence-electron chi connectivity index (χ3n) is 5.14. The lowest BCUT2D eigenvalue weighted by Crippen LogP contribution is -2.33. The molecule has 0 bridgehead atoms. The minimum atomic E-state index is -0.284. The molecule has 1 unspecified atom stereocenters. The molecule has 28 heavy (non-hydrogen) atoms. The van der Waals surface area contributed by atoms with Crippen molar-refractivity contribution in [2.24, 2.45) is 0 Å². The van der Waals surface area contributed by atoms with Crippen molar-refractivity contribution in [3.05, 3.63) is 52.9 Å². The molecule has 0 fully saturated rings. The highest BCUT2D eigenvalue weighted by molar-refractivity contribution is 5.97. The van der Waals surface area contributed by atoms with Crippen LogP contribution in [0, 0.1) is 5.82 Å². The minimum absolute atomic E-state index is 0.0569. The Labute approximate surface area is 164 Å². The van der Waals surface area contributed by atoms with Crippen LogP contribution in [-0.2, 0) is 19.4 Å². The van der Waals surface area contributed by atoms with Crippen molar-refractivity contribution in [2.75, 3.05) is 6.54 Å². The van der Waals surface area contributed by atoms with Gasteiger partial charge in [-0.3, -0.25) is 9.59 Å². The van der Waals surface area contributed by atoms with E-state index in [1.165, 1.54) is 12.1 Å². The summed E-state index contributed by atoms with van der Waals surface area (Å²) in [4.78, 5) is 29.7. The van der Waals surface area contributed by atoms with E-state index >= 15 is 0 Å². The van der Waals surface area contributed by atoms with Crippen molar-refractivity contribution >= 4 is 11.8 Å². The molecule has 2 aromatic rings. The summed E-state index contributed by atoms with van der Waals surface area (Å²) in [6.45, 7) is 5.07. The number of hydrogen-bond acceptors (Lipinski definition) is 3. The maximum atomic E-state index is 13.0. The van der Waals surface area contributed by atoms with Crippen molar-refractivity contribution in [3.63, 3.8) is 0 Å². The first-order valence-electron chi connectivity index (χ1n) is 9.92. The molecule has 2 heterocycles. The van der Waals surface area contributed by atoms with Crippen molar-refractivity contribution in [3.8, 4) is 0 Å². The summed E-state index contributed by atoms with van der Waals surface area (Å²) in [7, 11) is 0. The summed E-state index contributed by atoms with van der Waals surface area (Å²) in [5, 5.41) is 5.81. The summed E-state index contributed by atoms with van der Waals surface area (Å²) in [6, 6.07) is 6.28. The van der Waals surface area contributed by atoms with Crippen molar-refractivity contribution < 1.29 is 14.0 Å². The van der Waals surface area contributed by atoms with E-state index in [-0.39, 0.29) is 23.7 Å². The van der Waals surface area contributed by atoms with Gasteiger partial charge in [-0.15, -0.1) is 0 Å². The maximum absolute atomic E-state index is 13.0. The van der Waals surface area contributed by atoms with E-state index in [1.807, 2.05) is 18.4 Å². The third kappa shape index (κ3) is 4.58. The Balaban J connectivity index is 1.70. The molecule has 1 aliphatic heterocycles. The van der Waals surface area contributed by atoms with Gasteiger partial charge in [0.25, 0.3) is 11.8 Å². The Kier molecular flexibility index (Phi) is 6.44. The zero-order chi connectivity index (χ0) is 20.1. The van der Waals surface area contributed by atoms with Crippen LogP contribution in [0.5, 0.6) is 0 Å². The molecule has 7 heteroatoms. The Bertz CT molecular complexity index is 845. The van der Waals surface area contributed by atoms with Crippen LogP contribution in [0.1, 0.15) is 65.5 Å². The van der Waals surface area contributed by atoms with Crippen LogP contribution in [0.15, 0.2) is 24.3 Å². The van der Waals surface area contributed by atoms with Crippen molar-refractivity contribution in [1.29, 1.82) is 0 Å². The standard InChI is InChI=1S/C21H27FN4O2/c1-3-14(2)24-20(27)18-17-6-4-5-13-26(17)19(25-18)21(28)23-12-11-15-7-9-16(22)10-8-15/h7-10,14H,3-6,11-13H2,1-2H3,(H,23,28)(H,24,27). The number of nitrogens with zero attached hydrogens (tertiary/aromatic N) is 2. The highest BCUT2D eigenvalue weighted by Gasteiger charge is 2.27. The molecule has 3 rings (SSSR count). The largest absolute Gasteiger partial charge is 0.349 e. The lowest BCUT2D eigenvalue weighted by molar-refractivity contribution is 0.0933. The molecular weight excluding hydrogens is 359 g/mol. The quantitative estimate of drug-likeness (QED) is 0.768. The SMILES string of the molecule is CCC(C)NC(=O)c1nc(C(=O)NCCc2ccc(F)cc2)n2c1CCCC2. The van der Waals surface area contributed by atoms with Gasteiger partial charge < -0.3 is 15.2 Å². The van der Waals surface area contributed by atoms with Gasteiger partial charge >= 0.3 is 0 Å². The summed E-state index contributed by atoms with van der Waals surface area (Å²) in [5.74, 6) is -0.485. The molecule has 1 aromatic heterocycles. The number of aromatic nitrogens is 2. The van der Waals surface area contributed by atoms with E-state index in [0.29, 0.717) is 31.0 Å². The Hall–Kier alpha value is -2.70. The molecule has 0 saturated carbocycles. The first kappa shape index (κ1) is 20.0. The van der Waals surface area contributed by atoms with Crippen LogP contribution in [0.25, 0.3) is 0 Å². The molecule has 6 nitrogen and oxygen atoms in total. The van der Waals surface area contributed by atoms with Crippen LogP contribution in [-0.4, -0.2) is 34.0 Å². The molecule has 0 spiro atoms. The van der Waals surface area contributed by atoms with Crippen LogP contribution < -0.4 is 10.6 Å². The average Bonchev–Trinajstić information content (AvgIpc) is 3.09. The van der Waals surface area contributed by atoms with Gasteiger partial charge in [0.2, 0.25) is 0 Å². The average molecular weight is 386 g/mol. The molecule has 2 N–H and O–H groups in total. The highest BCUT2D eigenvalue weighted by atomic mass is 19.1. The number of benzene rings is 1. The number of halogens is 1. The fourth-order valence-corrected chi connectivity index (χ4v) is 3.34. The topological polar surface area (TPSA) is 76.0 Å². The van der Waals surface area contributed by atoms with Crippen LogP contribution in [0.2, 0.25) is 0 Å². The molecule has 2 amide bonds. The molecule has 0 saturated heterocycles. The van der Waals surface area contributed by atoms with Gasteiger partial charge in [0, 0.05) is 19.1 Å². The monoisotopic (exact) mass is 386 g/mol. The fraction of sp³-hybridized carbons (Fsp3) is 0.476. The van der Waals surface area contributed by atoms with Gasteiger partial charge in [-0.2, -0.15) is 0 Å². The zero-order valence-corrected chi connectivity index (χ0v) is 16.4. The predicted octanol–water partition coefficient (Wildman–Crippen LogP) is 2.86. The van der Waals surface area contributed by atoms with Crippen molar-refractivity contribution in [2.45, 2.75) is 58.5 Å². The number of imidazole rings is 1. The molecular formula is C21H27FN4O2. The van der Waals surface area contributed by atoms with E-state index in [4.69, 9.17) is 0 Å². The van der Waals surface area contributed by atoms with E-state index in [0.717, 1.165) is 36.9 Å². The zero-order valence-electron chi connectivity index (χ0n) is 16.4. The van der Waals surface area contributed by atoms with Crippen molar-refractivity contribution in [1.82, 2.24) is 20.2 Å². The fourth-order valence-electron chi connectivity index (χ4n) is 3.34. The summed E-state index contributed by atoms with van der Waals surface area (Å²) < 4.78 is 14.9. The second-order valence-corrected chi connectivity index (χ2v) is 7.25. The van der Waals surface area contributed by atoms with Crippen LogP contribution >= 0.6 is 0 Å². The smallest absolute Gasteiger partial charge is 0.287 e. The number of carbonyl (C=O) groups excluding carboxylic acids is 2. The Morgan fingerprint density at radius 3 is 2.68 bits per heavy atom. The van der Waals surface area contributed by atoms with E-state index in [1.54, 1.807) is 12.1 Å². The Morgan fingerprint density at radius 2 is 1.96 bits per heavy atom. The Morgan fingerprint density at radius 1 is 1.21 bits per heavy atom. The number of fused-ring (bicyclic) bond motifs is 1. The minimum Gasteiger partial charge on any atom is -0.349 e. The van der Waals surface area contributed by atoms with E-state index < -0.39 is 0 Å². The highest BCUT2D eigenvalue weighted by Crippen LogP contribution is 2.21. The molecule has 0 aliphatic carbocycles. The lowest BCUT2D eigenvalue weighted by Gasteiger charge is -2.17. The summed E-state index contributed by atoms with van der Waals surface area (Å²) in [6.07, 6.45) is 4.13. The number of carbonyl (C=O) groups is 2. The summed E-state index contributed by atoms with van der Waals surface area (Å²) in [5.41, 5.74) is 2.15. The van der Waals surface area contributed by atoms with Crippen LogP contribution in [0.3, 0.4) is 0 Å². The van der Waals surface area contributed by atoms with Gasteiger partial charge in [-0.1, -0.05) is 19.1 Å². The molecule has 1 aliphatic rings. The predicted molar refractivity (Wildman–Crippen MR) is 105 cm³/mol. The number of hydrogen-bond donors (Lipinski definition) is 2. The van der Waals surface area contributed by atoms with Crippen LogP contribution in [0.4, 0.5) is 4.39 Å². The lowest BCUT2D eigenvalue weighted by atomic mass is 10.1. The second-order valence-electron chi connectivity index (χ2n) is 7.25. The molecule has 150 valence electrons. The third-order valence-corrected chi connectivity index (χ3v) is 5.14. The maximum Gasteiger partial charge on any atom is 0.287 e. The van der Waals surface area contributed by atoms with Gasteiger partial charge in [-0.05, 0) is 56.7 Å². The van der Waals surface area contributed by atoms with Gasteiger partial charge in [0.15, 0.2) is 5.82 Å². The number of amides is 2. The normalized spacial score (nSPS) is 14.2. The van der Waals surface area contributed by atoms with E-state index in [9.17, 15) is 14.0 Å². The van der Waals surface area contributed by atoms with Gasteiger partial charge in [-0.25, -0.2) is 9.37 Å². The first-order chi connectivity index (χ1) is 13.5. The van der Waals surface area contributed by atoms with E-state index in [2.05, 4.69) is 15.6 Å². The molecule has 0 radical (unpaired) electrons. The van der Waals surface area contributed by atoms with Gasteiger partial charge in [0.1, 0.15) is 11.5 Å². The number of nitrogens with one attached hydrogen (secondary N) is 2. The first-order valence-corrected chi connectivity index (χ1v) is 9.92. The molecule has 1 aromatic carbocycles. The second kappa shape index (κ2) is 8.99. The number of rotatable bonds is 7. The van der Waals surface area contributed by atoms with Gasteiger partial charge in [0.05, 0.1) is 5.69 Å². The summed E-state index contributed by atoms with van der Waals surface area (Å²) >= 11 is 0.